The fourth-order valence-electron chi connectivity index (χ4n) is 4.48. The molecule has 1 saturated carbocycles. The highest BCUT2D eigenvalue weighted by atomic mass is 16.4. The molecule has 132 valence electrons. The monoisotopic (exact) mass is 339 g/mol. The zero-order chi connectivity index (χ0) is 17.4. The minimum absolute atomic E-state index is 0.0180. The van der Waals surface area contributed by atoms with Gasteiger partial charge in [0.15, 0.2) is 0 Å². The van der Waals surface area contributed by atoms with Gasteiger partial charge in [-0.25, -0.2) is 9.78 Å². The van der Waals surface area contributed by atoms with Crippen molar-refractivity contribution >= 4 is 6.03 Å². The molecule has 2 atom stereocenters. The first-order valence-corrected chi connectivity index (χ1v) is 9.15. The van der Waals surface area contributed by atoms with Crippen molar-refractivity contribution in [2.45, 2.75) is 51.6 Å². The maximum atomic E-state index is 12.9. The van der Waals surface area contributed by atoms with Crippen molar-refractivity contribution < 1.29 is 9.21 Å². The number of benzene rings is 1. The van der Waals surface area contributed by atoms with Crippen molar-refractivity contribution in [2.24, 2.45) is 5.92 Å². The largest absolute Gasteiger partial charge is 0.444 e. The van der Waals surface area contributed by atoms with E-state index in [-0.39, 0.29) is 11.6 Å². The number of fused-ring (bicyclic) bond motifs is 1. The Kier molecular flexibility index (Phi) is 4.02. The van der Waals surface area contributed by atoms with E-state index < -0.39 is 0 Å². The van der Waals surface area contributed by atoms with E-state index in [0.29, 0.717) is 18.4 Å². The number of hydrogen-bond acceptors (Lipinski definition) is 3. The van der Waals surface area contributed by atoms with E-state index in [2.05, 4.69) is 34.6 Å². The van der Waals surface area contributed by atoms with Crippen LogP contribution in [0.15, 0.2) is 34.7 Å². The molecule has 1 aromatic heterocycles. The molecule has 4 rings (SSSR count). The number of aryl methyl sites for hydroxylation is 2. The molecule has 0 radical (unpaired) electrons. The van der Waals surface area contributed by atoms with Crippen LogP contribution in [0.4, 0.5) is 4.79 Å². The summed E-state index contributed by atoms with van der Waals surface area (Å²) in [6.45, 7) is 4.97. The van der Waals surface area contributed by atoms with Gasteiger partial charge >= 0.3 is 6.03 Å². The molecule has 2 unspecified atom stereocenters. The highest BCUT2D eigenvalue weighted by molar-refractivity contribution is 5.76. The number of aromatic nitrogens is 1. The predicted molar refractivity (Wildman–Crippen MR) is 95.0 cm³/mol. The number of carbonyl (C=O) groups is 1. The molecular weight excluding hydrogens is 314 g/mol. The summed E-state index contributed by atoms with van der Waals surface area (Å²) in [5.74, 6) is 1.94. The van der Waals surface area contributed by atoms with Crippen LogP contribution < -0.4 is 5.32 Å². The number of hydrogen-bond donors (Lipinski definition) is 1. The first-order valence-electron chi connectivity index (χ1n) is 9.15. The molecule has 1 N–H and O–H groups in total. The van der Waals surface area contributed by atoms with Gasteiger partial charge in [-0.3, -0.25) is 0 Å². The Morgan fingerprint density at radius 1 is 1.32 bits per heavy atom. The number of nitrogens with one attached hydrogen (secondary N) is 1. The molecule has 0 bridgehead atoms. The van der Waals surface area contributed by atoms with E-state index in [0.717, 1.165) is 24.4 Å². The van der Waals surface area contributed by atoms with E-state index >= 15 is 0 Å². The van der Waals surface area contributed by atoms with Gasteiger partial charge in [0.05, 0.1) is 17.8 Å². The van der Waals surface area contributed by atoms with Crippen molar-refractivity contribution in [3.8, 4) is 0 Å². The Hall–Kier alpha value is -2.30. The minimum atomic E-state index is -0.133. The summed E-state index contributed by atoms with van der Waals surface area (Å²) < 4.78 is 5.57. The summed E-state index contributed by atoms with van der Waals surface area (Å²) in [6, 6.07) is 10.5. The molecule has 2 heterocycles. The van der Waals surface area contributed by atoms with Gasteiger partial charge in [0.25, 0.3) is 0 Å². The zero-order valence-electron chi connectivity index (χ0n) is 14.9. The van der Waals surface area contributed by atoms with Crippen LogP contribution in [0.5, 0.6) is 0 Å². The Balaban J connectivity index is 1.52. The Labute approximate surface area is 148 Å². The van der Waals surface area contributed by atoms with E-state index in [9.17, 15) is 4.79 Å². The third-order valence-corrected chi connectivity index (χ3v) is 5.90. The molecule has 1 aromatic carbocycles. The first-order chi connectivity index (χ1) is 12.1. The minimum Gasteiger partial charge on any atom is -0.444 e. The number of nitrogens with zero attached hydrogens (tertiary/aromatic N) is 2. The number of rotatable bonds is 3. The fourth-order valence-corrected chi connectivity index (χ4v) is 4.48. The van der Waals surface area contributed by atoms with Crippen LogP contribution in [0.1, 0.15) is 48.6 Å². The third kappa shape index (κ3) is 2.62. The van der Waals surface area contributed by atoms with Crippen LogP contribution in [-0.4, -0.2) is 22.5 Å². The van der Waals surface area contributed by atoms with Gasteiger partial charge in [-0.05, 0) is 32.3 Å². The Bertz CT molecular complexity index is 751. The van der Waals surface area contributed by atoms with Crippen molar-refractivity contribution in [1.29, 1.82) is 0 Å². The second kappa shape index (κ2) is 6.21. The smallest absolute Gasteiger partial charge is 0.318 e. The van der Waals surface area contributed by atoms with Gasteiger partial charge in [-0.15, -0.1) is 0 Å². The maximum Gasteiger partial charge on any atom is 0.318 e. The van der Waals surface area contributed by atoms with Crippen LogP contribution >= 0.6 is 0 Å². The molecule has 2 fully saturated rings. The highest BCUT2D eigenvalue weighted by Crippen LogP contribution is 2.53. The fraction of sp³-hybridized carbons (Fsp3) is 0.500. The molecule has 5 nitrogen and oxygen atoms in total. The van der Waals surface area contributed by atoms with Crippen molar-refractivity contribution in [1.82, 2.24) is 15.2 Å². The maximum absolute atomic E-state index is 12.9. The molecule has 2 aliphatic rings. The van der Waals surface area contributed by atoms with E-state index in [1.165, 1.54) is 24.8 Å². The molecule has 25 heavy (non-hydrogen) atoms. The van der Waals surface area contributed by atoms with Crippen molar-refractivity contribution in [2.75, 3.05) is 6.54 Å². The molecule has 2 amide bonds. The van der Waals surface area contributed by atoms with Crippen LogP contribution in [0.3, 0.4) is 0 Å². The van der Waals surface area contributed by atoms with Crippen LogP contribution in [0, 0.1) is 19.8 Å². The number of likely N-dealkylation sites (tertiary alicyclic amines) is 1. The summed E-state index contributed by atoms with van der Waals surface area (Å²) in [7, 11) is 0. The number of amides is 2. The van der Waals surface area contributed by atoms with Crippen LogP contribution in [0.2, 0.25) is 0 Å². The van der Waals surface area contributed by atoms with E-state index in [1.807, 2.05) is 24.8 Å². The lowest BCUT2D eigenvalue weighted by Crippen LogP contribution is -2.69. The van der Waals surface area contributed by atoms with Gasteiger partial charge in [-0.2, -0.15) is 0 Å². The second-order valence-electron chi connectivity index (χ2n) is 7.25. The molecule has 2 aromatic rings. The summed E-state index contributed by atoms with van der Waals surface area (Å²) in [5, 5.41) is 3.00. The van der Waals surface area contributed by atoms with Gasteiger partial charge < -0.3 is 14.6 Å². The lowest BCUT2D eigenvalue weighted by atomic mass is 9.62. The summed E-state index contributed by atoms with van der Waals surface area (Å²) >= 11 is 0. The number of carbonyl (C=O) groups excluding carboxylic acids is 1. The molecule has 0 spiro atoms. The summed E-state index contributed by atoms with van der Waals surface area (Å²) in [5.41, 5.74) is 2.01. The van der Waals surface area contributed by atoms with Gasteiger partial charge in [0.1, 0.15) is 5.76 Å². The quantitative estimate of drug-likeness (QED) is 0.922. The van der Waals surface area contributed by atoms with Gasteiger partial charge in [-0.1, -0.05) is 43.2 Å². The summed E-state index contributed by atoms with van der Waals surface area (Å²) in [4.78, 5) is 19.2. The topological polar surface area (TPSA) is 58.4 Å². The van der Waals surface area contributed by atoms with E-state index in [1.54, 1.807) is 0 Å². The van der Waals surface area contributed by atoms with Crippen molar-refractivity contribution in [3.05, 3.63) is 53.2 Å². The standard InChI is InChI=1S/C20H25N3O2/c1-14-15(2)25-18(22-14)12-21-19(24)23-13-17-10-6-7-11-20(17,23)16-8-4-3-5-9-16/h3-5,8-9,17H,6-7,10-13H2,1-2H3,(H,21,24). The van der Waals surface area contributed by atoms with Crippen molar-refractivity contribution in [3.63, 3.8) is 0 Å². The van der Waals surface area contributed by atoms with Crippen LogP contribution in [0.25, 0.3) is 0 Å². The first kappa shape index (κ1) is 16.2. The number of urea groups is 1. The van der Waals surface area contributed by atoms with Gasteiger partial charge in [0, 0.05) is 12.5 Å². The molecular formula is C20H25N3O2. The lowest BCUT2D eigenvalue weighted by molar-refractivity contribution is -0.0795. The van der Waals surface area contributed by atoms with Crippen LogP contribution in [-0.2, 0) is 12.1 Å². The average Bonchev–Trinajstić information content (AvgIpc) is 2.93. The molecule has 1 aliphatic heterocycles. The second-order valence-corrected chi connectivity index (χ2v) is 7.25. The normalized spacial score (nSPS) is 25.2. The molecule has 1 saturated heterocycles. The molecule has 5 heteroatoms. The zero-order valence-corrected chi connectivity index (χ0v) is 14.9. The Morgan fingerprint density at radius 3 is 2.80 bits per heavy atom. The predicted octanol–water partition coefficient (Wildman–Crippen LogP) is 3.90. The Morgan fingerprint density at radius 2 is 2.12 bits per heavy atom. The highest BCUT2D eigenvalue weighted by Gasteiger charge is 2.56. The van der Waals surface area contributed by atoms with E-state index in [4.69, 9.17) is 4.42 Å². The number of oxazole rings is 1. The summed E-state index contributed by atoms with van der Waals surface area (Å²) in [6.07, 6.45) is 4.69. The average molecular weight is 339 g/mol. The molecule has 1 aliphatic carbocycles. The SMILES string of the molecule is Cc1nc(CNC(=O)N2CC3CCCCC32c2ccccc2)oc1C. The third-order valence-electron chi connectivity index (χ3n) is 5.90. The van der Waals surface area contributed by atoms with Gasteiger partial charge in [0.2, 0.25) is 5.89 Å². The lowest BCUT2D eigenvalue weighted by Gasteiger charge is -2.61.